The van der Waals surface area contributed by atoms with Crippen LogP contribution in [0.1, 0.15) is 42.1 Å². The Kier molecular flexibility index (Phi) is 4.62. The second kappa shape index (κ2) is 6.83. The molecule has 1 aliphatic rings. The third-order valence-corrected chi connectivity index (χ3v) is 4.03. The van der Waals surface area contributed by atoms with Gasteiger partial charge in [-0.2, -0.15) is 0 Å². The van der Waals surface area contributed by atoms with Gasteiger partial charge in [0.25, 0.3) is 0 Å². The number of rotatable bonds is 6. The van der Waals surface area contributed by atoms with Crippen molar-refractivity contribution >= 4 is 0 Å². The van der Waals surface area contributed by atoms with Crippen LogP contribution in [0.3, 0.4) is 0 Å². The monoisotopic (exact) mass is 286 g/mol. The Balaban J connectivity index is 1.59. The van der Waals surface area contributed by atoms with Crippen molar-refractivity contribution < 1.29 is 5.11 Å². The lowest BCUT2D eigenvalue weighted by Crippen LogP contribution is -2.25. The first kappa shape index (κ1) is 14.2. The van der Waals surface area contributed by atoms with Gasteiger partial charge in [-0.15, -0.1) is 5.10 Å². The first-order chi connectivity index (χ1) is 10.4. The fourth-order valence-electron chi connectivity index (χ4n) is 2.96. The standard InChI is InChI=1S/C16H22N4O/c21-10-4-9-20-12-14(18-19-20)11-17-16-8-3-6-13-5-1-2-7-15(13)16/h1-2,5,7,12,16-17,21H,3-4,6,8-11H2. The van der Waals surface area contributed by atoms with Crippen LogP contribution in [0.15, 0.2) is 30.5 Å². The summed E-state index contributed by atoms with van der Waals surface area (Å²) in [5.41, 5.74) is 3.85. The van der Waals surface area contributed by atoms with Gasteiger partial charge in [0.15, 0.2) is 0 Å². The summed E-state index contributed by atoms with van der Waals surface area (Å²) in [6.07, 6.45) is 6.27. The van der Waals surface area contributed by atoms with Crippen molar-refractivity contribution in [2.75, 3.05) is 6.61 Å². The molecule has 21 heavy (non-hydrogen) atoms. The van der Waals surface area contributed by atoms with E-state index in [1.807, 2.05) is 6.20 Å². The molecule has 1 aliphatic carbocycles. The average Bonchev–Trinajstić information content (AvgIpc) is 2.99. The van der Waals surface area contributed by atoms with E-state index in [9.17, 15) is 0 Å². The smallest absolute Gasteiger partial charge is 0.0965 e. The quantitative estimate of drug-likeness (QED) is 0.850. The molecule has 112 valence electrons. The summed E-state index contributed by atoms with van der Waals surface area (Å²) in [6, 6.07) is 9.11. The number of nitrogens with zero attached hydrogens (tertiary/aromatic N) is 3. The Morgan fingerprint density at radius 2 is 2.24 bits per heavy atom. The number of aromatic nitrogens is 3. The number of benzene rings is 1. The van der Waals surface area contributed by atoms with Gasteiger partial charge in [-0.25, -0.2) is 0 Å². The van der Waals surface area contributed by atoms with E-state index >= 15 is 0 Å². The lowest BCUT2D eigenvalue weighted by atomic mass is 9.88. The second-order valence-corrected chi connectivity index (χ2v) is 5.57. The van der Waals surface area contributed by atoms with Crippen molar-refractivity contribution in [3.05, 3.63) is 47.3 Å². The van der Waals surface area contributed by atoms with Crippen LogP contribution >= 0.6 is 0 Å². The van der Waals surface area contributed by atoms with Gasteiger partial charge in [0.05, 0.1) is 5.69 Å². The molecule has 0 aliphatic heterocycles. The highest BCUT2D eigenvalue weighted by atomic mass is 16.3. The van der Waals surface area contributed by atoms with E-state index in [-0.39, 0.29) is 6.61 Å². The molecule has 3 rings (SSSR count). The van der Waals surface area contributed by atoms with Gasteiger partial charge in [0.1, 0.15) is 0 Å². The molecule has 1 unspecified atom stereocenters. The van der Waals surface area contributed by atoms with Gasteiger partial charge in [-0.1, -0.05) is 29.5 Å². The van der Waals surface area contributed by atoms with Gasteiger partial charge in [-0.3, -0.25) is 4.68 Å². The van der Waals surface area contributed by atoms with Crippen LogP contribution in [-0.2, 0) is 19.5 Å². The molecule has 5 heteroatoms. The molecule has 1 heterocycles. The molecule has 0 fully saturated rings. The van der Waals surface area contributed by atoms with Crippen LogP contribution in [0, 0.1) is 0 Å². The lowest BCUT2D eigenvalue weighted by molar-refractivity contribution is 0.276. The molecule has 0 saturated heterocycles. The highest BCUT2D eigenvalue weighted by Gasteiger charge is 2.19. The molecule has 1 aromatic heterocycles. The number of aryl methyl sites for hydroxylation is 2. The van der Waals surface area contributed by atoms with Crippen molar-refractivity contribution in [1.82, 2.24) is 20.3 Å². The fraction of sp³-hybridized carbons (Fsp3) is 0.500. The summed E-state index contributed by atoms with van der Waals surface area (Å²) in [7, 11) is 0. The summed E-state index contributed by atoms with van der Waals surface area (Å²) in [4.78, 5) is 0. The Bertz CT molecular complexity index is 581. The molecule has 1 atom stereocenters. The van der Waals surface area contributed by atoms with Gasteiger partial charge in [0.2, 0.25) is 0 Å². The molecule has 2 N–H and O–H groups in total. The molecular weight excluding hydrogens is 264 g/mol. The maximum atomic E-state index is 8.83. The maximum absolute atomic E-state index is 8.83. The highest BCUT2D eigenvalue weighted by Crippen LogP contribution is 2.29. The summed E-state index contributed by atoms with van der Waals surface area (Å²) in [5, 5.41) is 20.7. The summed E-state index contributed by atoms with van der Waals surface area (Å²) < 4.78 is 1.79. The predicted octanol–water partition coefficient (Wildman–Crippen LogP) is 1.83. The van der Waals surface area contributed by atoms with Crippen LogP contribution in [0.5, 0.6) is 0 Å². The number of hydrogen-bond donors (Lipinski definition) is 2. The molecule has 2 aromatic rings. The zero-order valence-electron chi connectivity index (χ0n) is 12.2. The maximum Gasteiger partial charge on any atom is 0.0965 e. The number of fused-ring (bicyclic) bond motifs is 1. The fourth-order valence-corrected chi connectivity index (χ4v) is 2.96. The number of aliphatic hydroxyl groups is 1. The van der Waals surface area contributed by atoms with Crippen LogP contribution in [0.25, 0.3) is 0 Å². The zero-order chi connectivity index (χ0) is 14.5. The van der Waals surface area contributed by atoms with E-state index in [1.54, 1.807) is 4.68 Å². The Morgan fingerprint density at radius 3 is 3.14 bits per heavy atom. The van der Waals surface area contributed by atoms with Crippen LogP contribution in [0.4, 0.5) is 0 Å². The van der Waals surface area contributed by atoms with Crippen molar-refractivity contribution in [1.29, 1.82) is 0 Å². The Morgan fingerprint density at radius 1 is 1.33 bits per heavy atom. The number of nitrogens with one attached hydrogen (secondary N) is 1. The van der Waals surface area contributed by atoms with Crippen LogP contribution in [-0.4, -0.2) is 26.7 Å². The summed E-state index contributed by atoms with van der Waals surface area (Å²) in [5.74, 6) is 0. The largest absolute Gasteiger partial charge is 0.396 e. The molecule has 0 spiro atoms. The molecule has 0 saturated carbocycles. The SMILES string of the molecule is OCCCn1cc(CNC2CCCc3ccccc32)nn1. The Labute approximate surface area is 125 Å². The third kappa shape index (κ3) is 3.49. The van der Waals surface area contributed by atoms with Crippen molar-refractivity contribution in [2.24, 2.45) is 0 Å². The van der Waals surface area contributed by atoms with E-state index in [0.29, 0.717) is 12.5 Å². The third-order valence-electron chi connectivity index (χ3n) is 4.03. The molecule has 1 aromatic carbocycles. The minimum atomic E-state index is 0.187. The van der Waals surface area contributed by atoms with Gasteiger partial charge >= 0.3 is 0 Å². The number of aliphatic hydroxyl groups excluding tert-OH is 1. The molecule has 5 nitrogen and oxygen atoms in total. The molecule has 0 radical (unpaired) electrons. The van der Waals surface area contributed by atoms with E-state index in [4.69, 9.17) is 5.11 Å². The Hall–Kier alpha value is -1.72. The van der Waals surface area contributed by atoms with E-state index in [1.165, 1.54) is 30.4 Å². The van der Waals surface area contributed by atoms with E-state index < -0.39 is 0 Å². The lowest BCUT2D eigenvalue weighted by Gasteiger charge is -2.26. The predicted molar refractivity (Wildman–Crippen MR) is 80.7 cm³/mol. The minimum Gasteiger partial charge on any atom is -0.396 e. The summed E-state index contributed by atoms with van der Waals surface area (Å²) >= 11 is 0. The highest BCUT2D eigenvalue weighted by molar-refractivity contribution is 5.32. The van der Waals surface area contributed by atoms with Crippen molar-refractivity contribution in [3.8, 4) is 0 Å². The molecule has 0 amide bonds. The normalized spacial score (nSPS) is 17.7. The van der Waals surface area contributed by atoms with Crippen LogP contribution in [0.2, 0.25) is 0 Å². The first-order valence-corrected chi connectivity index (χ1v) is 7.68. The van der Waals surface area contributed by atoms with E-state index in [2.05, 4.69) is 39.9 Å². The zero-order valence-corrected chi connectivity index (χ0v) is 12.2. The van der Waals surface area contributed by atoms with Gasteiger partial charge in [-0.05, 0) is 36.8 Å². The second-order valence-electron chi connectivity index (χ2n) is 5.57. The summed E-state index contributed by atoms with van der Waals surface area (Å²) in [6.45, 7) is 1.64. The van der Waals surface area contributed by atoms with Gasteiger partial charge in [0, 0.05) is 31.9 Å². The molecule has 0 bridgehead atoms. The van der Waals surface area contributed by atoms with Crippen LogP contribution < -0.4 is 5.32 Å². The van der Waals surface area contributed by atoms with Gasteiger partial charge < -0.3 is 10.4 Å². The van der Waals surface area contributed by atoms with E-state index in [0.717, 1.165) is 18.8 Å². The van der Waals surface area contributed by atoms with Crippen molar-refractivity contribution in [3.63, 3.8) is 0 Å². The van der Waals surface area contributed by atoms with Crippen molar-refractivity contribution in [2.45, 2.75) is 44.8 Å². The average molecular weight is 286 g/mol. The topological polar surface area (TPSA) is 63.0 Å². The minimum absolute atomic E-state index is 0.187. The first-order valence-electron chi connectivity index (χ1n) is 7.68. The molecular formula is C16H22N4O. The number of hydrogen-bond acceptors (Lipinski definition) is 4.